The summed E-state index contributed by atoms with van der Waals surface area (Å²) in [5.74, 6) is 1.70. The summed E-state index contributed by atoms with van der Waals surface area (Å²) < 4.78 is 5.77. The van der Waals surface area contributed by atoms with Crippen molar-refractivity contribution in [2.75, 3.05) is 31.1 Å². The Hall–Kier alpha value is -2.24. The molecule has 0 radical (unpaired) electrons. The minimum atomic E-state index is -0.0160. The number of para-hydroxylation sites is 2. The molecule has 1 N–H and O–H groups in total. The Labute approximate surface area is 123 Å². The van der Waals surface area contributed by atoms with Crippen molar-refractivity contribution in [2.24, 2.45) is 4.99 Å². The third-order valence-corrected chi connectivity index (χ3v) is 4.34. The summed E-state index contributed by atoms with van der Waals surface area (Å²) in [5, 5.41) is 3.26. The molecule has 0 saturated carbocycles. The van der Waals surface area contributed by atoms with E-state index in [0.717, 1.165) is 30.4 Å². The zero-order valence-corrected chi connectivity index (χ0v) is 12.0. The fourth-order valence-corrected chi connectivity index (χ4v) is 3.24. The number of rotatable bonds is 2. The Morgan fingerprint density at radius 1 is 1.43 bits per heavy atom. The number of urea groups is 1. The van der Waals surface area contributed by atoms with Crippen molar-refractivity contribution < 1.29 is 9.53 Å². The van der Waals surface area contributed by atoms with Gasteiger partial charge >= 0.3 is 6.03 Å². The van der Waals surface area contributed by atoms with Gasteiger partial charge in [0.2, 0.25) is 0 Å². The summed E-state index contributed by atoms with van der Waals surface area (Å²) in [7, 11) is 0. The third kappa shape index (κ3) is 1.86. The summed E-state index contributed by atoms with van der Waals surface area (Å²) >= 11 is 0. The average molecular weight is 286 g/mol. The predicted octanol–water partition coefficient (Wildman–Crippen LogP) is 1.08. The molecule has 2 atom stereocenters. The number of nitrogens with zero attached hydrogens (tertiary/aromatic N) is 3. The molecule has 3 aliphatic heterocycles. The molecule has 0 bridgehead atoms. The second-order valence-electron chi connectivity index (χ2n) is 5.61. The number of anilines is 1. The highest BCUT2D eigenvalue weighted by atomic mass is 16.5. The second-order valence-corrected chi connectivity index (χ2v) is 5.61. The van der Waals surface area contributed by atoms with Crippen LogP contribution in [0.25, 0.3) is 0 Å². The van der Waals surface area contributed by atoms with Gasteiger partial charge in [0.1, 0.15) is 18.2 Å². The highest BCUT2D eigenvalue weighted by Gasteiger charge is 2.44. The maximum atomic E-state index is 12.8. The molecule has 2 amide bonds. The smallest absolute Gasteiger partial charge is 0.325 e. The minimum absolute atomic E-state index is 0.0160. The van der Waals surface area contributed by atoms with Crippen LogP contribution in [-0.2, 0) is 0 Å². The van der Waals surface area contributed by atoms with Crippen molar-refractivity contribution in [3.8, 4) is 5.75 Å². The fraction of sp³-hybridized carbons (Fsp3) is 0.467. The van der Waals surface area contributed by atoms with Crippen LogP contribution in [0.5, 0.6) is 5.75 Å². The first-order valence-electron chi connectivity index (χ1n) is 7.35. The lowest BCUT2D eigenvalue weighted by Gasteiger charge is -2.30. The number of amidine groups is 1. The molecule has 6 nitrogen and oxygen atoms in total. The molecule has 0 aliphatic carbocycles. The average Bonchev–Trinajstić information content (AvgIpc) is 3.15. The van der Waals surface area contributed by atoms with E-state index in [0.29, 0.717) is 13.2 Å². The molecule has 0 aromatic heterocycles. The Kier molecular flexibility index (Phi) is 2.77. The molecule has 1 unspecified atom stereocenters. The molecule has 6 heteroatoms. The van der Waals surface area contributed by atoms with Crippen LogP contribution >= 0.6 is 0 Å². The first-order chi connectivity index (χ1) is 10.3. The molecular weight excluding hydrogens is 268 g/mol. The Balaban J connectivity index is 1.64. The lowest BCUT2D eigenvalue weighted by molar-refractivity contribution is 0.215. The quantitative estimate of drug-likeness (QED) is 0.885. The predicted molar refractivity (Wildman–Crippen MR) is 80.1 cm³/mol. The second kappa shape index (κ2) is 4.65. The van der Waals surface area contributed by atoms with Crippen LogP contribution in [0, 0.1) is 0 Å². The molecule has 4 rings (SSSR count). The van der Waals surface area contributed by atoms with Crippen LogP contribution < -0.4 is 15.0 Å². The zero-order valence-electron chi connectivity index (χ0n) is 12.0. The van der Waals surface area contributed by atoms with Gasteiger partial charge in [-0.3, -0.25) is 9.89 Å². The standard InChI is InChI=1S/C15H18N4O2/c1-10(14-16-6-7-17-14)18-8-11-9-21-13-5-3-2-4-12(13)19(11)15(18)20/h2-5,10-11H,6-9H2,1H3,(H,16,17)/t10-,11?/m1/s1. The van der Waals surface area contributed by atoms with E-state index in [2.05, 4.69) is 10.3 Å². The molecule has 21 heavy (non-hydrogen) atoms. The number of amides is 2. The number of aliphatic imine (C=N–C) groups is 1. The number of fused-ring (bicyclic) bond motifs is 3. The minimum Gasteiger partial charge on any atom is -0.489 e. The van der Waals surface area contributed by atoms with E-state index in [4.69, 9.17) is 4.74 Å². The number of carbonyl (C=O) groups is 1. The highest BCUT2D eigenvalue weighted by Crippen LogP contribution is 2.37. The number of hydrogen-bond acceptors (Lipinski definition) is 4. The van der Waals surface area contributed by atoms with Crippen molar-refractivity contribution in [3.63, 3.8) is 0 Å². The Bertz CT molecular complexity index is 615. The number of hydrogen-bond donors (Lipinski definition) is 1. The third-order valence-electron chi connectivity index (χ3n) is 4.34. The number of carbonyl (C=O) groups excluding carboxylic acids is 1. The molecule has 3 heterocycles. The molecule has 3 aliphatic rings. The first-order valence-corrected chi connectivity index (χ1v) is 7.35. The van der Waals surface area contributed by atoms with Crippen molar-refractivity contribution in [3.05, 3.63) is 24.3 Å². The van der Waals surface area contributed by atoms with Crippen LogP contribution in [0.3, 0.4) is 0 Å². The highest BCUT2D eigenvalue weighted by molar-refractivity contribution is 6.00. The summed E-state index contributed by atoms with van der Waals surface area (Å²) in [4.78, 5) is 21.0. The maximum Gasteiger partial charge on any atom is 0.325 e. The fourth-order valence-electron chi connectivity index (χ4n) is 3.24. The van der Waals surface area contributed by atoms with E-state index in [1.165, 1.54) is 0 Å². The summed E-state index contributed by atoms with van der Waals surface area (Å²) in [6.45, 7) is 4.91. The van der Waals surface area contributed by atoms with Gasteiger partial charge in [-0.15, -0.1) is 0 Å². The Morgan fingerprint density at radius 3 is 3.10 bits per heavy atom. The SMILES string of the molecule is C[C@H](C1=NCCN1)N1CC2COc3ccccc3N2C1=O. The molecule has 1 fully saturated rings. The van der Waals surface area contributed by atoms with Crippen molar-refractivity contribution in [1.82, 2.24) is 10.2 Å². The summed E-state index contributed by atoms with van der Waals surface area (Å²) in [6.07, 6.45) is 0. The largest absolute Gasteiger partial charge is 0.489 e. The van der Waals surface area contributed by atoms with Crippen LogP contribution in [0.1, 0.15) is 6.92 Å². The van der Waals surface area contributed by atoms with Gasteiger partial charge < -0.3 is 15.0 Å². The van der Waals surface area contributed by atoms with Gasteiger partial charge in [-0.1, -0.05) is 12.1 Å². The molecule has 1 saturated heterocycles. The maximum absolute atomic E-state index is 12.8. The number of benzene rings is 1. The lowest BCUT2D eigenvalue weighted by Crippen LogP contribution is -2.46. The molecular formula is C15H18N4O2. The van der Waals surface area contributed by atoms with E-state index in [9.17, 15) is 4.79 Å². The van der Waals surface area contributed by atoms with Gasteiger partial charge in [-0.05, 0) is 19.1 Å². The number of ether oxygens (including phenoxy) is 1. The summed E-state index contributed by atoms with van der Waals surface area (Å²) in [5.41, 5.74) is 0.870. The topological polar surface area (TPSA) is 57.2 Å². The van der Waals surface area contributed by atoms with Gasteiger partial charge in [-0.2, -0.15) is 0 Å². The van der Waals surface area contributed by atoms with Crippen molar-refractivity contribution in [2.45, 2.75) is 19.0 Å². The molecule has 1 aromatic carbocycles. The van der Waals surface area contributed by atoms with E-state index >= 15 is 0 Å². The van der Waals surface area contributed by atoms with E-state index in [1.807, 2.05) is 41.0 Å². The van der Waals surface area contributed by atoms with Gasteiger partial charge in [0, 0.05) is 13.1 Å². The van der Waals surface area contributed by atoms with Gasteiger partial charge in [0.15, 0.2) is 0 Å². The molecule has 110 valence electrons. The lowest BCUT2D eigenvalue weighted by atomic mass is 10.2. The van der Waals surface area contributed by atoms with Crippen LogP contribution in [0.15, 0.2) is 29.3 Å². The summed E-state index contributed by atoms with van der Waals surface area (Å²) in [6, 6.07) is 7.82. The van der Waals surface area contributed by atoms with Crippen molar-refractivity contribution in [1.29, 1.82) is 0 Å². The first kappa shape index (κ1) is 12.5. The molecule has 1 aromatic rings. The number of nitrogens with one attached hydrogen (secondary N) is 1. The molecule has 0 spiro atoms. The van der Waals surface area contributed by atoms with E-state index in [1.54, 1.807) is 0 Å². The van der Waals surface area contributed by atoms with Gasteiger partial charge in [0.05, 0.1) is 24.3 Å². The van der Waals surface area contributed by atoms with Crippen molar-refractivity contribution >= 4 is 17.6 Å². The van der Waals surface area contributed by atoms with Gasteiger partial charge in [0.25, 0.3) is 0 Å². The zero-order chi connectivity index (χ0) is 14.4. The van der Waals surface area contributed by atoms with E-state index < -0.39 is 0 Å². The monoisotopic (exact) mass is 286 g/mol. The van der Waals surface area contributed by atoms with Crippen LogP contribution in [-0.4, -0.2) is 55.1 Å². The normalized spacial score (nSPS) is 24.9. The van der Waals surface area contributed by atoms with E-state index in [-0.39, 0.29) is 18.1 Å². The van der Waals surface area contributed by atoms with Gasteiger partial charge in [-0.25, -0.2) is 4.79 Å². The Morgan fingerprint density at radius 2 is 2.29 bits per heavy atom. The van der Waals surface area contributed by atoms with Crippen LogP contribution in [0.4, 0.5) is 10.5 Å². The van der Waals surface area contributed by atoms with Crippen LogP contribution in [0.2, 0.25) is 0 Å².